The van der Waals surface area contributed by atoms with Crippen molar-refractivity contribution in [3.63, 3.8) is 0 Å². The Balaban J connectivity index is 1.93. The predicted molar refractivity (Wildman–Crippen MR) is 92.4 cm³/mol. The highest BCUT2D eigenvalue weighted by molar-refractivity contribution is 9.10. The monoisotopic (exact) mass is 388 g/mol. The Labute approximate surface area is 146 Å². The van der Waals surface area contributed by atoms with E-state index in [9.17, 15) is 14.7 Å². The molecule has 1 saturated heterocycles. The molecule has 6 nitrogen and oxygen atoms in total. The number of rotatable bonds is 3. The van der Waals surface area contributed by atoms with Crippen molar-refractivity contribution in [3.05, 3.63) is 58.1 Å². The number of carbonyl (C=O) groups is 2. The van der Waals surface area contributed by atoms with Crippen molar-refractivity contribution in [2.24, 2.45) is 0 Å². The first-order valence-electron chi connectivity index (χ1n) is 6.99. The van der Waals surface area contributed by atoms with Crippen LogP contribution >= 0.6 is 15.9 Å². The first-order valence-corrected chi connectivity index (χ1v) is 7.78. The van der Waals surface area contributed by atoms with Gasteiger partial charge in [-0.25, -0.2) is 5.01 Å². The number of phenols is 1. The van der Waals surface area contributed by atoms with Crippen molar-refractivity contribution in [2.45, 2.75) is 0 Å². The van der Waals surface area contributed by atoms with Crippen LogP contribution in [-0.4, -0.2) is 24.0 Å². The molecule has 0 saturated carbocycles. The number of hydrogen-bond acceptors (Lipinski definition) is 4. The van der Waals surface area contributed by atoms with Crippen molar-refractivity contribution in [1.29, 1.82) is 0 Å². The van der Waals surface area contributed by atoms with Gasteiger partial charge in [-0.1, -0.05) is 22.0 Å². The van der Waals surface area contributed by atoms with Crippen LogP contribution in [0.2, 0.25) is 0 Å². The minimum Gasteiger partial charge on any atom is -0.504 e. The Morgan fingerprint density at radius 2 is 1.88 bits per heavy atom. The van der Waals surface area contributed by atoms with Crippen LogP contribution in [0.3, 0.4) is 0 Å². The zero-order valence-corrected chi connectivity index (χ0v) is 14.2. The molecular weight excluding hydrogens is 376 g/mol. The van der Waals surface area contributed by atoms with Crippen LogP contribution in [0, 0.1) is 0 Å². The molecule has 0 radical (unpaired) electrons. The summed E-state index contributed by atoms with van der Waals surface area (Å²) in [6.07, 6.45) is 1.46. The van der Waals surface area contributed by atoms with E-state index in [0.717, 1.165) is 4.47 Å². The van der Waals surface area contributed by atoms with E-state index in [1.165, 1.54) is 24.3 Å². The van der Waals surface area contributed by atoms with E-state index in [-0.39, 0.29) is 17.1 Å². The lowest BCUT2D eigenvalue weighted by molar-refractivity contribution is -0.117. The Hall–Kier alpha value is -2.80. The highest BCUT2D eigenvalue weighted by Crippen LogP contribution is 2.28. The third kappa shape index (κ3) is 2.98. The predicted octanol–water partition coefficient (Wildman–Crippen LogP) is 2.62. The number of methoxy groups -OCH3 is 1. The fraction of sp³-hybridized carbons (Fsp3) is 0.0588. The summed E-state index contributed by atoms with van der Waals surface area (Å²) >= 11 is 3.32. The second-order valence-corrected chi connectivity index (χ2v) is 5.96. The van der Waals surface area contributed by atoms with Gasteiger partial charge in [0, 0.05) is 4.47 Å². The second-order valence-electron chi connectivity index (χ2n) is 5.05. The van der Waals surface area contributed by atoms with Gasteiger partial charge in [-0.15, -0.1) is 0 Å². The van der Waals surface area contributed by atoms with Crippen molar-refractivity contribution in [3.8, 4) is 11.5 Å². The third-order valence-corrected chi connectivity index (χ3v) is 4.02. The molecule has 2 aromatic carbocycles. The summed E-state index contributed by atoms with van der Waals surface area (Å²) in [5.41, 5.74) is 3.66. The van der Waals surface area contributed by atoms with Gasteiger partial charge < -0.3 is 9.84 Å². The van der Waals surface area contributed by atoms with E-state index in [1.54, 1.807) is 36.4 Å². The van der Waals surface area contributed by atoms with Gasteiger partial charge in [0.25, 0.3) is 11.8 Å². The molecule has 24 heavy (non-hydrogen) atoms. The zero-order chi connectivity index (χ0) is 17.3. The second kappa shape index (κ2) is 6.37. The summed E-state index contributed by atoms with van der Waals surface area (Å²) in [4.78, 5) is 24.6. The van der Waals surface area contributed by atoms with Crippen molar-refractivity contribution in [1.82, 2.24) is 5.43 Å². The number of ether oxygens (including phenoxy) is 1. The Bertz CT molecular complexity index is 846. The normalized spacial score (nSPS) is 15.8. The van der Waals surface area contributed by atoms with Gasteiger partial charge in [0.2, 0.25) is 0 Å². The quantitative estimate of drug-likeness (QED) is 0.625. The highest BCUT2D eigenvalue weighted by Gasteiger charge is 2.34. The third-order valence-electron chi connectivity index (χ3n) is 3.49. The lowest BCUT2D eigenvalue weighted by Gasteiger charge is -2.14. The van der Waals surface area contributed by atoms with Gasteiger partial charge in [0.1, 0.15) is 5.57 Å². The van der Waals surface area contributed by atoms with Gasteiger partial charge in [0.05, 0.1) is 12.8 Å². The van der Waals surface area contributed by atoms with E-state index in [4.69, 9.17) is 4.74 Å². The van der Waals surface area contributed by atoms with Crippen LogP contribution in [0.5, 0.6) is 11.5 Å². The molecule has 1 fully saturated rings. The molecule has 0 unspecified atom stereocenters. The summed E-state index contributed by atoms with van der Waals surface area (Å²) in [5, 5.41) is 10.8. The standard InChI is InChI=1S/C17H13BrN2O4/c1-24-15-9-10(2-7-14(15)21)8-13-16(22)19-20(17(13)23)12-5-3-11(18)4-6-12/h2-9,21H,1H3,(H,19,22)/b13-8-. The fourth-order valence-corrected chi connectivity index (χ4v) is 2.54. The maximum Gasteiger partial charge on any atom is 0.282 e. The minimum atomic E-state index is -0.491. The minimum absolute atomic E-state index is 0.00524. The number of nitrogens with one attached hydrogen (secondary N) is 1. The molecule has 2 N–H and O–H groups in total. The first-order chi connectivity index (χ1) is 11.5. The van der Waals surface area contributed by atoms with Crippen molar-refractivity contribution < 1.29 is 19.4 Å². The van der Waals surface area contributed by atoms with Crippen LogP contribution < -0.4 is 15.2 Å². The maximum atomic E-state index is 12.5. The molecule has 1 heterocycles. The molecule has 1 aliphatic heterocycles. The van der Waals surface area contributed by atoms with Gasteiger partial charge in [-0.05, 0) is 48.0 Å². The van der Waals surface area contributed by atoms with Gasteiger partial charge in [-0.3, -0.25) is 15.0 Å². The number of benzene rings is 2. The molecule has 122 valence electrons. The first kappa shape index (κ1) is 16.1. The number of hydrogen-bond donors (Lipinski definition) is 2. The van der Waals surface area contributed by atoms with Crippen LogP contribution in [0.1, 0.15) is 5.56 Å². The number of aromatic hydroxyl groups is 1. The number of phenolic OH excluding ortho intramolecular Hbond substituents is 1. The lowest BCUT2D eigenvalue weighted by Crippen LogP contribution is -2.35. The maximum absolute atomic E-state index is 12.5. The Morgan fingerprint density at radius 3 is 2.54 bits per heavy atom. The number of halogens is 1. The molecule has 0 spiro atoms. The number of anilines is 1. The summed E-state index contributed by atoms with van der Waals surface area (Å²) < 4.78 is 5.90. The number of carbonyl (C=O) groups excluding carboxylic acids is 2. The van der Waals surface area contributed by atoms with Crippen LogP contribution in [0.4, 0.5) is 5.69 Å². The Kier molecular flexibility index (Phi) is 4.26. The van der Waals surface area contributed by atoms with E-state index < -0.39 is 11.8 Å². The molecule has 3 rings (SSSR count). The summed E-state index contributed by atoms with van der Waals surface area (Å²) in [6.45, 7) is 0. The number of hydrazine groups is 1. The van der Waals surface area contributed by atoms with Crippen molar-refractivity contribution >= 4 is 39.5 Å². The molecule has 0 bridgehead atoms. The molecule has 0 aromatic heterocycles. The number of nitrogens with zero attached hydrogens (tertiary/aromatic N) is 1. The van der Waals surface area contributed by atoms with Gasteiger partial charge in [-0.2, -0.15) is 0 Å². The lowest BCUT2D eigenvalue weighted by atomic mass is 10.1. The van der Waals surface area contributed by atoms with Crippen molar-refractivity contribution in [2.75, 3.05) is 12.1 Å². The van der Waals surface area contributed by atoms with E-state index in [1.807, 2.05) is 0 Å². The fourth-order valence-electron chi connectivity index (χ4n) is 2.28. The largest absolute Gasteiger partial charge is 0.504 e. The molecule has 7 heteroatoms. The van der Waals surface area contributed by atoms with E-state index in [2.05, 4.69) is 21.4 Å². The van der Waals surface area contributed by atoms with E-state index in [0.29, 0.717) is 11.3 Å². The van der Waals surface area contributed by atoms with Gasteiger partial charge in [0.15, 0.2) is 11.5 Å². The molecular formula is C17H13BrN2O4. The molecule has 1 aliphatic rings. The molecule has 0 aliphatic carbocycles. The Morgan fingerprint density at radius 1 is 1.17 bits per heavy atom. The van der Waals surface area contributed by atoms with E-state index >= 15 is 0 Å². The summed E-state index contributed by atoms with van der Waals surface area (Å²) in [6, 6.07) is 11.6. The smallest absolute Gasteiger partial charge is 0.282 e. The SMILES string of the molecule is COc1cc(/C=C2/C(=O)NN(c3ccc(Br)cc3)C2=O)ccc1O. The van der Waals surface area contributed by atoms with Crippen LogP contribution in [0.25, 0.3) is 6.08 Å². The molecule has 0 atom stereocenters. The summed E-state index contributed by atoms with van der Waals surface area (Å²) in [5.74, 6) is -0.692. The van der Waals surface area contributed by atoms with Gasteiger partial charge >= 0.3 is 0 Å². The summed E-state index contributed by atoms with van der Waals surface area (Å²) in [7, 11) is 1.43. The molecule has 2 amide bonds. The zero-order valence-electron chi connectivity index (χ0n) is 12.6. The highest BCUT2D eigenvalue weighted by atomic mass is 79.9. The topological polar surface area (TPSA) is 78.9 Å². The van der Waals surface area contributed by atoms with Crippen LogP contribution in [-0.2, 0) is 9.59 Å². The average molecular weight is 389 g/mol. The van der Waals surface area contributed by atoms with Crippen LogP contribution in [0.15, 0.2) is 52.5 Å². The average Bonchev–Trinajstić information content (AvgIpc) is 2.85. The molecule has 2 aromatic rings. The number of amides is 2.